The Morgan fingerprint density at radius 3 is 2.33 bits per heavy atom. The lowest BCUT2D eigenvalue weighted by atomic mass is 10.0. The normalized spacial score (nSPS) is 11.8. The first-order valence-electron chi connectivity index (χ1n) is 9.07. The van der Waals surface area contributed by atoms with Gasteiger partial charge in [0.2, 0.25) is 5.91 Å². The summed E-state index contributed by atoms with van der Waals surface area (Å²) in [5, 5.41) is 2.89. The maximum Gasteiger partial charge on any atom is 0.251 e. The van der Waals surface area contributed by atoms with Gasteiger partial charge in [-0.05, 0) is 42.7 Å². The third-order valence-electron chi connectivity index (χ3n) is 4.45. The van der Waals surface area contributed by atoms with E-state index < -0.39 is 6.04 Å². The predicted octanol–water partition coefficient (Wildman–Crippen LogP) is 3.42. The Morgan fingerprint density at radius 2 is 1.78 bits per heavy atom. The van der Waals surface area contributed by atoms with Gasteiger partial charge < -0.3 is 15.0 Å². The van der Waals surface area contributed by atoms with Crippen LogP contribution in [0.4, 0.5) is 0 Å². The van der Waals surface area contributed by atoms with E-state index in [4.69, 9.17) is 4.74 Å². The van der Waals surface area contributed by atoms with Gasteiger partial charge in [0, 0.05) is 19.2 Å². The quantitative estimate of drug-likeness (QED) is 0.815. The minimum Gasteiger partial charge on any atom is -0.497 e. The van der Waals surface area contributed by atoms with Gasteiger partial charge in [0.15, 0.2) is 0 Å². The van der Waals surface area contributed by atoms with Crippen molar-refractivity contribution in [3.05, 3.63) is 65.2 Å². The van der Waals surface area contributed by atoms with Gasteiger partial charge in [0.1, 0.15) is 11.8 Å². The molecule has 5 nitrogen and oxygen atoms in total. The third-order valence-corrected chi connectivity index (χ3v) is 4.45. The highest BCUT2D eigenvalue weighted by molar-refractivity contribution is 5.97. The van der Waals surface area contributed by atoms with E-state index in [1.807, 2.05) is 63.2 Å². The summed E-state index contributed by atoms with van der Waals surface area (Å²) in [6.07, 6.45) is 0. The maximum absolute atomic E-state index is 12.9. The molecule has 2 amide bonds. The minimum atomic E-state index is -0.582. The number of benzene rings is 2. The Morgan fingerprint density at radius 1 is 1.11 bits per heavy atom. The number of rotatable bonds is 7. The molecule has 2 aromatic rings. The van der Waals surface area contributed by atoms with Crippen molar-refractivity contribution in [2.24, 2.45) is 5.92 Å². The smallest absolute Gasteiger partial charge is 0.251 e. The lowest BCUT2D eigenvalue weighted by Crippen LogP contribution is -2.50. The van der Waals surface area contributed by atoms with Crippen molar-refractivity contribution < 1.29 is 14.3 Å². The van der Waals surface area contributed by atoms with Gasteiger partial charge in [-0.15, -0.1) is 0 Å². The largest absolute Gasteiger partial charge is 0.497 e. The molecule has 0 aliphatic heterocycles. The Kier molecular flexibility index (Phi) is 6.99. The molecule has 0 aliphatic carbocycles. The standard InChI is InChI=1S/C22H28N2O3/c1-15(2)20(23-21(25)18-8-6-7-16(3)13-18)22(26)24(4)14-17-9-11-19(27-5)12-10-17/h6-13,15,20H,14H2,1-5H3,(H,23,25)/t20-/m0/s1. The zero-order valence-electron chi connectivity index (χ0n) is 16.7. The SMILES string of the molecule is COc1ccc(CN(C)C(=O)[C@@H](NC(=O)c2cccc(C)c2)C(C)C)cc1. The van der Waals surface area contributed by atoms with E-state index >= 15 is 0 Å². The zero-order valence-corrected chi connectivity index (χ0v) is 16.7. The number of nitrogens with zero attached hydrogens (tertiary/aromatic N) is 1. The molecule has 5 heteroatoms. The van der Waals surface area contributed by atoms with E-state index in [-0.39, 0.29) is 17.7 Å². The van der Waals surface area contributed by atoms with Gasteiger partial charge in [-0.2, -0.15) is 0 Å². The lowest BCUT2D eigenvalue weighted by Gasteiger charge is -2.27. The Hall–Kier alpha value is -2.82. The molecule has 2 rings (SSSR count). The van der Waals surface area contributed by atoms with Gasteiger partial charge in [-0.25, -0.2) is 0 Å². The molecule has 1 N–H and O–H groups in total. The summed E-state index contributed by atoms with van der Waals surface area (Å²) in [5.41, 5.74) is 2.57. The summed E-state index contributed by atoms with van der Waals surface area (Å²) < 4.78 is 5.16. The van der Waals surface area contributed by atoms with Gasteiger partial charge in [0.05, 0.1) is 7.11 Å². The molecule has 0 heterocycles. The molecule has 0 bridgehead atoms. The van der Waals surface area contributed by atoms with Crippen molar-refractivity contribution >= 4 is 11.8 Å². The number of carbonyl (C=O) groups excluding carboxylic acids is 2. The molecular formula is C22H28N2O3. The number of hydrogen-bond acceptors (Lipinski definition) is 3. The molecule has 0 aliphatic rings. The monoisotopic (exact) mass is 368 g/mol. The van der Waals surface area contributed by atoms with E-state index in [1.54, 1.807) is 25.1 Å². The molecule has 0 saturated heterocycles. The molecule has 0 fully saturated rings. The zero-order chi connectivity index (χ0) is 20.0. The van der Waals surface area contributed by atoms with Crippen molar-refractivity contribution in [2.75, 3.05) is 14.2 Å². The number of likely N-dealkylation sites (N-methyl/N-ethyl adjacent to an activating group) is 1. The molecule has 0 aromatic heterocycles. The van der Waals surface area contributed by atoms with Crippen molar-refractivity contribution in [2.45, 2.75) is 33.4 Å². The molecule has 0 unspecified atom stereocenters. The van der Waals surface area contributed by atoms with Crippen LogP contribution < -0.4 is 10.1 Å². The average Bonchev–Trinajstić information content (AvgIpc) is 2.65. The highest BCUT2D eigenvalue weighted by atomic mass is 16.5. The molecule has 0 saturated carbocycles. The molecule has 0 radical (unpaired) electrons. The third kappa shape index (κ3) is 5.58. The van der Waals surface area contributed by atoms with Crippen LogP contribution >= 0.6 is 0 Å². The van der Waals surface area contributed by atoms with Gasteiger partial charge in [-0.1, -0.05) is 43.7 Å². The number of hydrogen-bond donors (Lipinski definition) is 1. The summed E-state index contributed by atoms with van der Waals surface area (Å²) >= 11 is 0. The number of nitrogens with one attached hydrogen (secondary N) is 1. The van der Waals surface area contributed by atoms with Gasteiger partial charge in [-0.3, -0.25) is 9.59 Å². The second-order valence-electron chi connectivity index (χ2n) is 7.11. The maximum atomic E-state index is 12.9. The molecule has 1 atom stereocenters. The van der Waals surface area contributed by atoms with E-state index in [2.05, 4.69) is 5.32 Å². The summed E-state index contributed by atoms with van der Waals surface area (Å²) in [6, 6.07) is 14.4. The van der Waals surface area contributed by atoms with E-state index in [0.717, 1.165) is 16.9 Å². The first kappa shape index (κ1) is 20.5. The highest BCUT2D eigenvalue weighted by Gasteiger charge is 2.27. The van der Waals surface area contributed by atoms with E-state index in [1.165, 1.54) is 0 Å². The van der Waals surface area contributed by atoms with Crippen LogP contribution in [0.3, 0.4) is 0 Å². The predicted molar refractivity (Wildman–Crippen MR) is 107 cm³/mol. The van der Waals surface area contributed by atoms with E-state index in [0.29, 0.717) is 12.1 Å². The molecule has 27 heavy (non-hydrogen) atoms. The Balaban J connectivity index is 2.07. The van der Waals surface area contributed by atoms with E-state index in [9.17, 15) is 9.59 Å². The van der Waals surface area contributed by atoms with Crippen LogP contribution in [0.1, 0.15) is 35.3 Å². The van der Waals surface area contributed by atoms with Crippen molar-refractivity contribution in [3.63, 3.8) is 0 Å². The second-order valence-corrected chi connectivity index (χ2v) is 7.11. The van der Waals surface area contributed by atoms with Crippen LogP contribution in [0.2, 0.25) is 0 Å². The number of carbonyl (C=O) groups is 2. The fourth-order valence-electron chi connectivity index (χ4n) is 2.84. The van der Waals surface area contributed by atoms with Crippen molar-refractivity contribution in [1.82, 2.24) is 10.2 Å². The van der Waals surface area contributed by atoms with Crippen LogP contribution in [-0.2, 0) is 11.3 Å². The van der Waals surface area contributed by atoms with Gasteiger partial charge in [0.25, 0.3) is 5.91 Å². The number of amides is 2. The van der Waals surface area contributed by atoms with Crippen molar-refractivity contribution in [1.29, 1.82) is 0 Å². The second kappa shape index (κ2) is 9.21. The molecular weight excluding hydrogens is 340 g/mol. The summed E-state index contributed by atoms with van der Waals surface area (Å²) in [5.74, 6) is 0.410. The summed E-state index contributed by atoms with van der Waals surface area (Å²) in [7, 11) is 3.37. The van der Waals surface area contributed by atoms with Crippen LogP contribution in [0.25, 0.3) is 0 Å². The van der Waals surface area contributed by atoms with Crippen LogP contribution in [-0.4, -0.2) is 36.9 Å². The summed E-state index contributed by atoms with van der Waals surface area (Å²) in [4.78, 5) is 27.1. The van der Waals surface area contributed by atoms with Crippen LogP contribution in [0.5, 0.6) is 5.75 Å². The van der Waals surface area contributed by atoms with Crippen LogP contribution in [0.15, 0.2) is 48.5 Å². The Labute approximate surface area is 161 Å². The van der Waals surface area contributed by atoms with Crippen LogP contribution in [0, 0.1) is 12.8 Å². The molecule has 0 spiro atoms. The first-order chi connectivity index (χ1) is 12.8. The Bertz CT molecular complexity index is 784. The minimum absolute atomic E-state index is 0.0235. The average molecular weight is 368 g/mol. The fourth-order valence-corrected chi connectivity index (χ4v) is 2.84. The van der Waals surface area contributed by atoms with Gasteiger partial charge >= 0.3 is 0 Å². The number of ether oxygens (including phenoxy) is 1. The summed E-state index contributed by atoms with van der Waals surface area (Å²) in [6.45, 7) is 6.26. The fraction of sp³-hybridized carbons (Fsp3) is 0.364. The number of aryl methyl sites for hydroxylation is 1. The molecule has 2 aromatic carbocycles. The first-order valence-corrected chi connectivity index (χ1v) is 9.07. The molecule has 144 valence electrons. The lowest BCUT2D eigenvalue weighted by molar-refractivity contribution is -0.133. The topological polar surface area (TPSA) is 58.6 Å². The highest BCUT2D eigenvalue weighted by Crippen LogP contribution is 2.14. The number of methoxy groups -OCH3 is 1. The van der Waals surface area contributed by atoms with Crippen molar-refractivity contribution in [3.8, 4) is 5.75 Å².